The SMILES string of the molecule is COCCOC(=O)c1ccccc1OCCCCn1cc(C(OC[C@H]2O[C@@H](n3ccc(=O)[nH]c3=O)[C@@H]3OC(C)(C)O[C@@H]32)(c2ccc(OC)cc2)c2ccc(OC)cc2)nn1. The van der Waals surface area contributed by atoms with E-state index in [-0.39, 0.29) is 13.2 Å². The third-order valence-corrected chi connectivity index (χ3v) is 10.3. The lowest BCUT2D eigenvalue weighted by Gasteiger charge is -2.35. The Balaban J connectivity index is 1.15. The molecule has 1 N–H and O–H groups in total. The van der Waals surface area contributed by atoms with E-state index in [4.69, 9.17) is 47.7 Å². The first-order valence-corrected chi connectivity index (χ1v) is 19.6. The lowest BCUT2D eigenvalue weighted by Crippen LogP contribution is -2.40. The fourth-order valence-electron chi connectivity index (χ4n) is 7.39. The first-order valence-electron chi connectivity index (χ1n) is 19.6. The predicted molar refractivity (Wildman–Crippen MR) is 214 cm³/mol. The number of carbonyl (C=O) groups is 1. The monoisotopic (exact) mass is 827 g/mol. The fourth-order valence-corrected chi connectivity index (χ4v) is 7.39. The molecular weight excluding hydrogens is 778 g/mol. The molecule has 2 aromatic heterocycles. The zero-order valence-corrected chi connectivity index (χ0v) is 34.1. The van der Waals surface area contributed by atoms with Gasteiger partial charge < -0.3 is 42.6 Å². The van der Waals surface area contributed by atoms with Crippen molar-refractivity contribution in [3.05, 3.63) is 134 Å². The van der Waals surface area contributed by atoms with E-state index < -0.39 is 53.1 Å². The van der Waals surface area contributed by atoms with E-state index in [0.29, 0.717) is 61.1 Å². The van der Waals surface area contributed by atoms with Gasteiger partial charge in [0.1, 0.15) is 53.4 Å². The highest BCUT2D eigenvalue weighted by molar-refractivity contribution is 5.92. The number of hydrogen-bond acceptors (Lipinski definition) is 14. The normalized spacial score (nSPS) is 19.5. The number of aryl methyl sites for hydroxylation is 1. The van der Waals surface area contributed by atoms with Gasteiger partial charge in [-0.3, -0.25) is 19.0 Å². The maximum atomic E-state index is 13.0. The van der Waals surface area contributed by atoms with Crippen molar-refractivity contribution in [1.29, 1.82) is 0 Å². The second kappa shape index (κ2) is 18.6. The highest BCUT2D eigenvalue weighted by Gasteiger charge is 2.57. The van der Waals surface area contributed by atoms with Crippen molar-refractivity contribution in [2.45, 2.75) is 69.2 Å². The molecule has 0 radical (unpaired) electrons. The molecule has 0 spiro atoms. The molecule has 4 atom stereocenters. The Bertz CT molecular complexity index is 2280. The molecule has 2 aliphatic rings. The summed E-state index contributed by atoms with van der Waals surface area (Å²) in [4.78, 5) is 39.8. The van der Waals surface area contributed by atoms with Gasteiger partial charge in [-0.25, -0.2) is 9.59 Å². The molecule has 2 saturated heterocycles. The van der Waals surface area contributed by atoms with E-state index >= 15 is 0 Å². The maximum absolute atomic E-state index is 13.0. The molecule has 0 amide bonds. The first-order chi connectivity index (χ1) is 29.0. The van der Waals surface area contributed by atoms with Crippen LogP contribution in [0, 0.1) is 0 Å². The van der Waals surface area contributed by atoms with Crippen molar-refractivity contribution in [2.75, 3.05) is 47.8 Å². The van der Waals surface area contributed by atoms with Crippen LogP contribution in [0.15, 0.2) is 101 Å². The number of nitrogens with zero attached hydrogens (tertiary/aromatic N) is 4. The van der Waals surface area contributed by atoms with Crippen molar-refractivity contribution in [2.24, 2.45) is 0 Å². The molecule has 17 heteroatoms. The summed E-state index contributed by atoms with van der Waals surface area (Å²) in [6, 6.07) is 23.2. The van der Waals surface area contributed by atoms with Crippen molar-refractivity contribution in [3.8, 4) is 17.2 Å². The lowest BCUT2D eigenvalue weighted by atomic mass is 9.83. The second-order valence-corrected chi connectivity index (χ2v) is 14.6. The lowest BCUT2D eigenvalue weighted by molar-refractivity contribution is -0.205. The molecule has 4 heterocycles. The van der Waals surface area contributed by atoms with Gasteiger partial charge >= 0.3 is 11.7 Å². The summed E-state index contributed by atoms with van der Waals surface area (Å²) in [5.74, 6) is 0.269. The third kappa shape index (κ3) is 9.14. The van der Waals surface area contributed by atoms with Crippen LogP contribution < -0.4 is 25.5 Å². The Morgan fingerprint density at radius 2 is 1.53 bits per heavy atom. The quantitative estimate of drug-likeness (QED) is 0.0921. The maximum Gasteiger partial charge on any atom is 0.342 e. The van der Waals surface area contributed by atoms with Gasteiger partial charge in [0, 0.05) is 25.9 Å². The number of rotatable bonds is 19. The van der Waals surface area contributed by atoms with Crippen LogP contribution in [-0.2, 0) is 40.6 Å². The van der Waals surface area contributed by atoms with Gasteiger partial charge in [-0.2, -0.15) is 0 Å². The number of H-pyrrole nitrogens is 1. The van der Waals surface area contributed by atoms with E-state index in [2.05, 4.69) is 10.2 Å². The molecule has 2 fully saturated rings. The average molecular weight is 828 g/mol. The number of aromatic nitrogens is 5. The Hall–Kier alpha value is -5.85. The van der Waals surface area contributed by atoms with Gasteiger partial charge in [-0.05, 0) is 74.2 Å². The van der Waals surface area contributed by atoms with Gasteiger partial charge in [-0.1, -0.05) is 41.6 Å². The summed E-state index contributed by atoms with van der Waals surface area (Å²) in [6.07, 6.45) is 1.58. The van der Waals surface area contributed by atoms with Gasteiger partial charge in [0.05, 0.1) is 40.2 Å². The van der Waals surface area contributed by atoms with Crippen molar-refractivity contribution in [1.82, 2.24) is 24.5 Å². The van der Waals surface area contributed by atoms with E-state index in [1.165, 1.54) is 16.8 Å². The Morgan fingerprint density at radius 1 is 0.850 bits per heavy atom. The number of unbranched alkanes of at least 4 members (excludes halogenated alkanes) is 1. The third-order valence-electron chi connectivity index (χ3n) is 10.3. The molecule has 0 saturated carbocycles. The summed E-state index contributed by atoms with van der Waals surface area (Å²) in [7, 11) is 4.73. The zero-order chi connectivity index (χ0) is 42.3. The number of nitrogens with one attached hydrogen (secondary N) is 1. The molecule has 17 nitrogen and oxygen atoms in total. The first kappa shape index (κ1) is 42.3. The molecular formula is C43H49N5O12. The number of aromatic amines is 1. The van der Waals surface area contributed by atoms with Crippen LogP contribution in [0.1, 0.15) is 60.1 Å². The number of esters is 1. The topological polar surface area (TPSA) is 186 Å². The van der Waals surface area contributed by atoms with E-state index in [1.54, 1.807) is 64.1 Å². The minimum atomic E-state index is -1.36. The molecule has 3 aromatic carbocycles. The molecule has 2 aliphatic heterocycles. The summed E-state index contributed by atoms with van der Waals surface area (Å²) >= 11 is 0. The molecule has 318 valence electrons. The number of methoxy groups -OCH3 is 3. The molecule has 7 rings (SSSR count). The van der Waals surface area contributed by atoms with Crippen LogP contribution in [0.5, 0.6) is 17.2 Å². The van der Waals surface area contributed by atoms with Gasteiger partial charge in [0.2, 0.25) is 0 Å². The Labute approximate surface area is 346 Å². The van der Waals surface area contributed by atoms with Crippen LogP contribution in [0.4, 0.5) is 0 Å². The molecule has 5 aromatic rings. The number of hydrogen-bond donors (Lipinski definition) is 1. The van der Waals surface area contributed by atoms with E-state index in [9.17, 15) is 14.4 Å². The van der Waals surface area contributed by atoms with E-state index in [1.807, 2.05) is 54.7 Å². The highest BCUT2D eigenvalue weighted by Crippen LogP contribution is 2.45. The van der Waals surface area contributed by atoms with Gasteiger partial charge in [-0.15, -0.1) is 5.10 Å². The zero-order valence-electron chi connectivity index (χ0n) is 34.1. The Kier molecular flexibility index (Phi) is 13.1. The molecule has 60 heavy (non-hydrogen) atoms. The number of benzene rings is 3. The van der Waals surface area contributed by atoms with Crippen LogP contribution >= 0.6 is 0 Å². The van der Waals surface area contributed by atoms with Crippen LogP contribution in [0.2, 0.25) is 0 Å². The van der Waals surface area contributed by atoms with Crippen LogP contribution in [-0.4, -0.2) is 102 Å². The largest absolute Gasteiger partial charge is 0.497 e. The number of para-hydroxylation sites is 1. The highest BCUT2D eigenvalue weighted by atomic mass is 16.8. The summed E-state index contributed by atoms with van der Waals surface area (Å²) < 4.78 is 56.6. The summed E-state index contributed by atoms with van der Waals surface area (Å²) in [6.45, 7) is 4.84. The fraction of sp³-hybridized carbons (Fsp3) is 0.419. The minimum Gasteiger partial charge on any atom is -0.497 e. The summed E-state index contributed by atoms with van der Waals surface area (Å²) in [5.41, 5.74) is -0.250. The van der Waals surface area contributed by atoms with Gasteiger partial charge in [0.15, 0.2) is 17.6 Å². The van der Waals surface area contributed by atoms with Gasteiger partial charge in [0.25, 0.3) is 5.56 Å². The van der Waals surface area contributed by atoms with Crippen molar-refractivity contribution < 1.29 is 47.4 Å². The Morgan fingerprint density at radius 3 is 2.20 bits per heavy atom. The standard InChI is InChI=1S/C43H49N5O12/c1-42(2)59-37-34(58-39(38(37)60-42)48-22-20-36(49)44-41(48)51)27-57-43(28-12-16-30(53-4)17-13-28,29-14-18-31(54-5)19-15-29)35-26-47(46-45-35)21-8-9-23-55-33-11-7-6-10-32(33)40(50)56-25-24-52-3/h6-7,10-20,22,26,34,37-39H,8-9,21,23-25,27H2,1-5H3,(H,44,49,51)/t34-,37-,38-,39-/m1/s1. The predicted octanol–water partition coefficient (Wildman–Crippen LogP) is 4.23. The minimum absolute atomic E-state index is 0.0428. The number of carbonyl (C=O) groups excluding carboxylic acids is 1. The number of ether oxygens (including phenoxy) is 9. The van der Waals surface area contributed by atoms with Crippen molar-refractivity contribution in [3.63, 3.8) is 0 Å². The average Bonchev–Trinajstić information content (AvgIpc) is 3.95. The molecule has 0 unspecified atom stereocenters. The number of fused-ring (bicyclic) bond motifs is 1. The summed E-state index contributed by atoms with van der Waals surface area (Å²) in [5, 5.41) is 9.24. The van der Waals surface area contributed by atoms with Crippen LogP contribution in [0.3, 0.4) is 0 Å². The van der Waals surface area contributed by atoms with Crippen LogP contribution in [0.25, 0.3) is 0 Å². The van der Waals surface area contributed by atoms with E-state index in [0.717, 1.165) is 11.1 Å². The second-order valence-electron chi connectivity index (χ2n) is 14.6. The molecule has 0 bridgehead atoms. The van der Waals surface area contributed by atoms with Crippen molar-refractivity contribution >= 4 is 5.97 Å². The molecule has 0 aliphatic carbocycles. The smallest absolute Gasteiger partial charge is 0.342 e.